The highest BCUT2D eigenvalue weighted by molar-refractivity contribution is 9.09. The van der Waals surface area contributed by atoms with E-state index in [4.69, 9.17) is 0 Å². The minimum Gasteiger partial charge on any atom is -0.207 e. The third-order valence-electron chi connectivity index (χ3n) is 2.59. The highest BCUT2D eigenvalue weighted by Crippen LogP contribution is 2.20. The van der Waals surface area contributed by atoms with Gasteiger partial charge >= 0.3 is 0 Å². The molecule has 0 saturated carbocycles. The van der Waals surface area contributed by atoms with E-state index < -0.39 is 15.6 Å². The number of alkyl halides is 2. The lowest BCUT2D eigenvalue weighted by Crippen LogP contribution is -2.48. The van der Waals surface area contributed by atoms with Crippen molar-refractivity contribution >= 4 is 41.9 Å². The number of benzene rings is 1. The van der Waals surface area contributed by atoms with E-state index in [0.717, 1.165) is 11.1 Å². The van der Waals surface area contributed by atoms with Gasteiger partial charge in [-0.05, 0) is 32.4 Å². The van der Waals surface area contributed by atoms with Gasteiger partial charge in [-0.2, -0.15) is 0 Å². The van der Waals surface area contributed by atoms with E-state index in [2.05, 4.69) is 36.6 Å². The van der Waals surface area contributed by atoms with Crippen LogP contribution in [0.25, 0.3) is 0 Å². The second-order valence-electron chi connectivity index (χ2n) is 4.70. The summed E-state index contributed by atoms with van der Waals surface area (Å²) in [6, 6.07) is 5.32. The number of rotatable bonds is 5. The molecule has 18 heavy (non-hydrogen) atoms. The van der Waals surface area contributed by atoms with Crippen molar-refractivity contribution in [3.05, 3.63) is 29.3 Å². The van der Waals surface area contributed by atoms with E-state index >= 15 is 0 Å². The molecule has 0 unspecified atom stereocenters. The molecule has 0 atom stereocenters. The number of hydrogen-bond acceptors (Lipinski definition) is 2. The molecule has 0 radical (unpaired) electrons. The lowest BCUT2D eigenvalue weighted by Gasteiger charge is -2.26. The van der Waals surface area contributed by atoms with Crippen LogP contribution in [0.3, 0.4) is 0 Å². The average molecular weight is 399 g/mol. The minimum atomic E-state index is -3.50. The summed E-state index contributed by atoms with van der Waals surface area (Å²) < 4.78 is 27.4. The number of halogens is 2. The fourth-order valence-electron chi connectivity index (χ4n) is 1.57. The molecule has 1 aromatic carbocycles. The number of aryl methyl sites for hydroxylation is 2. The van der Waals surface area contributed by atoms with E-state index in [1.54, 1.807) is 19.1 Å². The normalized spacial score (nSPS) is 12.7. The van der Waals surface area contributed by atoms with Crippen LogP contribution >= 0.6 is 31.9 Å². The van der Waals surface area contributed by atoms with Gasteiger partial charge in [-0.3, -0.25) is 0 Å². The zero-order valence-electron chi connectivity index (χ0n) is 10.6. The molecule has 1 N–H and O–H groups in total. The smallest absolute Gasteiger partial charge is 0.207 e. The number of sulfonamides is 1. The molecular weight excluding hydrogens is 382 g/mol. The van der Waals surface area contributed by atoms with Crippen LogP contribution in [0.15, 0.2) is 23.1 Å². The van der Waals surface area contributed by atoms with Crippen LogP contribution in [0, 0.1) is 13.8 Å². The standard InChI is InChI=1S/C12H17Br2NO2S/c1-9-4-5-11(10(2)6-9)18(16,17)15-12(3,7-13)8-14/h4-6,15H,7-8H2,1-3H3. The Hall–Kier alpha value is 0.0900. The molecule has 0 aliphatic carbocycles. The molecule has 0 spiro atoms. The van der Waals surface area contributed by atoms with E-state index in [0.29, 0.717) is 15.6 Å². The summed E-state index contributed by atoms with van der Waals surface area (Å²) in [6.45, 7) is 5.59. The molecule has 102 valence electrons. The zero-order chi connectivity index (χ0) is 14.0. The molecular formula is C12H17Br2NO2S. The van der Waals surface area contributed by atoms with E-state index in [1.165, 1.54) is 0 Å². The first-order valence-corrected chi connectivity index (χ1v) is 9.20. The van der Waals surface area contributed by atoms with Gasteiger partial charge in [-0.15, -0.1) is 0 Å². The Morgan fingerprint density at radius 1 is 1.22 bits per heavy atom. The van der Waals surface area contributed by atoms with Gasteiger partial charge in [0.25, 0.3) is 0 Å². The first-order chi connectivity index (χ1) is 8.24. The van der Waals surface area contributed by atoms with Gasteiger partial charge in [0.2, 0.25) is 10.0 Å². The second kappa shape index (κ2) is 6.03. The van der Waals surface area contributed by atoms with Gasteiger partial charge in [0.05, 0.1) is 4.90 Å². The molecule has 6 heteroatoms. The Bertz CT molecular complexity index is 525. The van der Waals surface area contributed by atoms with Gasteiger partial charge < -0.3 is 0 Å². The van der Waals surface area contributed by atoms with E-state index in [9.17, 15) is 8.42 Å². The zero-order valence-corrected chi connectivity index (χ0v) is 14.6. The molecule has 3 nitrogen and oxygen atoms in total. The average Bonchev–Trinajstić information content (AvgIpc) is 2.27. The predicted octanol–water partition coefficient (Wildman–Crippen LogP) is 3.13. The quantitative estimate of drug-likeness (QED) is 0.774. The fraction of sp³-hybridized carbons (Fsp3) is 0.500. The SMILES string of the molecule is Cc1ccc(S(=O)(=O)NC(C)(CBr)CBr)c(C)c1. The van der Waals surface area contributed by atoms with E-state index in [1.807, 2.05) is 19.9 Å². The van der Waals surface area contributed by atoms with Crippen LogP contribution in [0.1, 0.15) is 18.1 Å². The Balaban J connectivity index is 3.15. The maximum Gasteiger partial charge on any atom is 0.241 e. The maximum absolute atomic E-state index is 12.3. The van der Waals surface area contributed by atoms with Gasteiger partial charge in [0.1, 0.15) is 0 Å². The Kier molecular flexibility index (Phi) is 5.41. The third kappa shape index (κ3) is 3.79. The van der Waals surface area contributed by atoms with Crippen molar-refractivity contribution in [1.29, 1.82) is 0 Å². The summed E-state index contributed by atoms with van der Waals surface area (Å²) in [7, 11) is -3.50. The van der Waals surface area contributed by atoms with Gasteiger partial charge in [-0.1, -0.05) is 49.6 Å². The lowest BCUT2D eigenvalue weighted by atomic mass is 10.1. The van der Waals surface area contributed by atoms with Crippen LogP contribution in [-0.4, -0.2) is 24.6 Å². The second-order valence-corrected chi connectivity index (χ2v) is 7.47. The molecule has 1 rings (SSSR count). The molecule has 0 aliphatic rings. The molecule has 0 heterocycles. The van der Waals surface area contributed by atoms with Crippen molar-refractivity contribution in [2.75, 3.05) is 10.7 Å². The lowest BCUT2D eigenvalue weighted by molar-refractivity contribution is 0.508. The molecule has 0 fully saturated rings. The summed E-state index contributed by atoms with van der Waals surface area (Å²) in [4.78, 5) is 0.334. The molecule has 1 aromatic rings. The summed E-state index contributed by atoms with van der Waals surface area (Å²) in [5.74, 6) is 0. The fourth-order valence-corrected chi connectivity index (χ4v) is 4.78. The van der Waals surface area contributed by atoms with Crippen LogP contribution in [-0.2, 0) is 10.0 Å². The maximum atomic E-state index is 12.3. The van der Waals surface area contributed by atoms with Crippen molar-refractivity contribution in [3.8, 4) is 0 Å². The third-order valence-corrected chi connectivity index (χ3v) is 6.86. The summed E-state index contributed by atoms with van der Waals surface area (Å²) in [5.41, 5.74) is 1.26. The van der Waals surface area contributed by atoms with Crippen LogP contribution < -0.4 is 4.72 Å². The monoisotopic (exact) mass is 397 g/mol. The van der Waals surface area contributed by atoms with E-state index in [-0.39, 0.29) is 0 Å². The minimum absolute atomic E-state index is 0.334. The van der Waals surface area contributed by atoms with Crippen LogP contribution in [0.2, 0.25) is 0 Å². The van der Waals surface area contributed by atoms with Crippen molar-refractivity contribution in [2.24, 2.45) is 0 Å². The number of hydrogen-bond donors (Lipinski definition) is 1. The summed E-state index contributed by atoms with van der Waals surface area (Å²) in [6.07, 6.45) is 0. The summed E-state index contributed by atoms with van der Waals surface area (Å²) >= 11 is 6.66. The summed E-state index contributed by atoms with van der Waals surface area (Å²) in [5, 5.41) is 1.07. The van der Waals surface area contributed by atoms with Crippen molar-refractivity contribution in [3.63, 3.8) is 0 Å². The van der Waals surface area contributed by atoms with Gasteiger partial charge in [0, 0.05) is 16.2 Å². The van der Waals surface area contributed by atoms with Crippen molar-refractivity contribution in [2.45, 2.75) is 31.2 Å². The topological polar surface area (TPSA) is 46.2 Å². The molecule has 0 aromatic heterocycles. The molecule has 0 aliphatic heterocycles. The predicted molar refractivity (Wildman–Crippen MR) is 82.2 cm³/mol. The highest BCUT2D eigenvalue weighted by Gasteiger charge is 2.29. The molecule has 0 saturated heterocycles. The Morgan fingerprint density at radius 2 is 1.78 bits per heavy atom. The van der Waals surface area contributed by atoms with Crippen LogP contribution in [0.5, 0.6) is 0 Å². The van der Waals surface area contributed by atoms with Crippen LogP contribution in [0.4, 0.5) is 0 Å². The van der Waals surface area contributed by atoms with Crippen molar-refractivity contribution < 1.29 is 8.42 Å². The largest absolute Gasteiger partial charge is 0.241 e. The molecule has 0 amide bonds. The van der Waals surface area contributed by atoms with Gasteiger partial charge in [-0.25, -0.2) is 13.1 Å². The Morgan fingerprint density at radius 3 is 2.22 bits per heavy atom. The number of nitrogens with one attached hydrogen (secondary N) is 1. The van der Waals surface area contributed by atoms with Crippen molar-refractivity contribution in [1.82, 2.24) is 4.72 Å². The Labute approximate surface area is 126 Å². The highest BCUT2D eigenvalue weighted by atomic mass is 79.9. The van der Waals surface area contributed by atoms with Gasteiger partial charge in [0.15, 0.2) is 0 Å². The molecule has 0 bridgehead atoms. The first-order valence-electron chi connectivity index (χ1n) is 5.47. The first kappa shape index (κ1) is 16.1.